The van der Waals surface area contributed by atoms with Gasteiger partial charge in [-0.25, -0.2) is 0 Å². The zero-order valence-electron chi connectivity index (χ0n) is 14.2. The third-order valence-electron chi connectivity index (χ3n) is 3.78. The Morgan fingerprint density at radius 1 is 1.00 bits per heavy atom. The molecule has 0 bridgehead atoms. The maximum Gasteiger partial charge on any atom is 0.226 e. The van der Waals surface area contributed by atoms with Crippen molar-refractivity contribution in [2.75, 3.05) is 0 Å². The molecule has 8 heteroatoms. The Kier molecular flexibility index (Phi) is 5.12. The van der Waals surface area contributed by atoms with Crippen molar-refractivity contribution >= 4 is 23.1 Å². The van der Waals surface area contributed by atoms with Crippen LogP contribution in [0.1, 0.15) is 24.3 Å². The van der Waals surface area contributed by atoms with Gasteiger partial charge in [0.25, 0.3) is 0 Å². The molecule has 0 unspecified atom stereocenters. The molecule has 0 spiro atoms. The van der Waals surface area contributed by atoms with Gasteiger partial charge in [-0.2, -0.15) is 0 Å². The minimum atomic E-state index is 0.574. The highest BCUT2D eigenvalue weighted by molar-refractivity contribution is 7.98. The molecule has 1 aromatic carbocycles. The van der Waals surface area contributed by atoms with Gasteiger partial charge in [-0.3, -0.25) is 4.57 Å². The molecule has 3 aromatic heterocycles. The Labute approximate surface area is 159 Å². The van der Waals surface area contributed by atoms with Crippen molar-refractivity contribution in [3.8, 4) is 10.7 Å². The van der Waals surface area contributed by atoms with E-state index in [0.29, 0.717) is 24.1 Å². The van der Waals surface area contributed by atoms with Crippen LogP contribution in [-0.2, 0) is 18.7 Å². The normalized spacial score (nSPS) is 11.1. The zero-order valence-corrected chi connectivity index (χ0v) is 15.8. The van der Waals surface area contributed by atoms with E-state index in [1.165, 1.54) is 5.56 Å². The molecular formula is C18H17N5OS2. The van der Waals surface area contributed by atoms with Crippen LogP contribution in [0.25, 0.3) is 10.7 Å². The number of hydrogen-bond acceptors (Lipinski definition) is 7. The van der Waals surface area contributed by atoms with E-state index in [1.54, 1.807) is 23.1 Å². The van der Waals surface area contributed by atoms with Crippen LogP contribution in [0.2, 0.25) is 0 Å². The van der Waals surface area contributed by atoms with E-state index in [-0.39, 0.29) is 0 Å². The van der Waals surface area contributed by atoms with Crippen molar-refractivity contribution in [1.29, 1.82) is 0 Å². The zero-order chi connectivity index (χ0) is 17.8. The Hall–Kier alpha value is -2.45. The number of nitrogens with zero attached hydrogens (tertiary/aromatic N) is 5. The molecular weight excluding hydrogens is 366 g/mol. The summed E-state index contributed by atoms with van der Waals surface area (Å²) < 4.78 is 7.74. The van der Waals surface area contributed by atoms with Gasteiger partial charge in [-0.1, -0.05) is 55.1 Å². The monoisotopic (exact) mass is 383 g/mol. The first kappa shape index (κ1) is 17.0. The van der Waals surface area contributed by atoms with Gasteiger partial charge in [0.05, 0.1) is 17.2 Å². The van der Waals surface area contributed by atoms with Gasteiger partial charge < -0.3 is 4.42 Å². The number of hydrogen-bond donors (Lipinski definition) is 0. The number of benzene rings is 1. The number of aryl methyl sites for hydroxylation is 1. The fourth-order valence-electron chi connectivity index (χ4n) is 2.51. The molecule has 0 aliphatic rings. The van der Waals surface area contributed by atoms with E-state index >= 15 is 0 Å². The van der Waals surface area contributed by atoms with Gasteiger partial charge in [0, 0.05) is 6.42 Å². The van der Waals surface area contributed by atoms with Crippen LogP contribution >= 0.6 is 23.1 Å². The molecule has 4 rings (SSSR count). The third-order valence-corrected chi connectivity index (χ3v) is 5.60. The van der Waals surface area contributed by atoms with Gasteiger partial charge in [0.15, 0.2) is 11.0 Å². The summed E-state index contributed by atoms with van der Waals surface area (Å²) in [6, 6.07) is 14.4. The lowest BCUT2D eigenvalue weighted by Crippen LogP contribution is -2.03. The summed E-state index contributed by atoms with van der Waals surface area (Å²) in [7, 11) is 0. The number of aromatic nitrogens is 5. The topological polar surface area (TPSA) is 69.6 Å². The Morgan fingerprint density at radius 2 is 1.85 bits per heavy atom. The minimum absolute atomic E-state index is 0.574. The summed E-state index contributed by atoms with van der Waals surface area (Å²) in [5, 5.41) is 19.8. The molecule has 26 heavy (non-hydrogen) atoms. The SMILES string of the molecule is CCc1nnc(CSc2nnc(-c3cccs3)n2Cc2ccccc2)o1. The molecule has 0 radical (unpaired) electrons. The maximum absolute atomic E-state index is 5.59. The van der Waals surface area contributed by atoms with E-state index in [0.717, 1.165) is 22.3 Å². The summed E-state index contributed by atoms with van der Waals surface area (Å²) in [5.74, 6) is 2.72. The molecule has 0 atom stereocenters. The van der Waals surface area contributed by atoms with Crippen molar-refractivity contribution in [2.24, 2.45) is 0 Å². The Balaban J connectivity index is 1.61. The van der Waals surface area contributed by atoms with Crippen LogP contribution < -0.4 is 0 Å². The van der Waals surface area contributed by atoms with E-state index in [1.807, 2.05) is 31.2 Å². The summed E-state index contributed by atoms with van der Waals surface area (Å²) in [6.45, 7) is 2.71. The van der Waals surface area contributed by atoms with Gasteiger partial charge in [-0.05, 0) is 17.0 Å². The average molecular weight is 384 g/mol. The summed E-state index contributed by atoms with van der Waals surface area (Å²) in [6.07, 6.45) is 0.740. The smallest absolute Gasteiger partial charge is 0.226 e. The highest BCUT2D eigenvalue weighted by Crippen LogP contribution is 2.29. The first-order chi connectivity index (χ1) is 12.8. The van der Waals surface area contributed by atoms with Crippen molar-refractivity contribution < 1.29 is 4.42 Å². The Morgan fingerprint density at radius 3 is 2.58 bits per heavy atom. The fraction of sp³-hybridized carbons (Fsp3) is 0.222. The summed E-state index contributed by atoms with van der Waals surface area (Å²) >= 11 is 3.22. The minimum Gasteiger partial charge on any atom is -0.424 e. The molecule has 0 fully saturated rings. The third kappa shape index (κ3) is 3.71. The van der Waals surface area contributed by atoms with Gasteiger partial charge >= 0.3 is 0 Å². The van der Waals surface area contributed by atoms with Crippen LogP contribution in [0, 0.1) is 0 Å². The van der Waals surface area contributed by atoms with Crippen molar-refractivity contribution in [3.63, 3.8) is 0 Å². The van der Waals surface area contributed by atoms with E-state index in [2.05, 4.69) is 48.5 Å². The highest BCUT2D eigenvalue weighted by Gasteiger charge is 2.17. The first-order valence-corrected chi connectivity index (χ1v) is 10.1. The molecule has 132 valence electrons. The molecule has 0 saturated carbocycles. The standard InChI is InChI=1S/C18H17N5OS2/c1-2-15-19-20-16(24-15)12-26-18-22-21-17(14-9-6-10-25-14)23(18)11-13-7-4-3-5-8-13/h3-10H,2,11-12H2,1H3. The van der Waals surface area contributed by atoms with Crippen LogP contribution in [-0.4, -0.2) is 25.0 Å². The van der Waals surface area contributed by atoms with Gasteiger partial charge in [-0.15, -0.1) is 31.7 Å². The highest BCUT2D eigenvalue weighted by atomic mass is 32.2. The second kappa shape index (κ2) is 7.84. The predicted octanol–water partition coefficient (Wildman–Crippen LogP) is 4.29. The fourth-order valence-corrected chi connectivity index (χ4v) is 4.00. The van der Waals surface area contributed by atoms with Crippen molar-refractivity contribution in [2.45, 2.75) is 30.8 Å². The van der Waals surface area contributed by atoms with E-state index < -0.39 is 0 Å². The summed E-state index contributed by atoms with van der Waals surface area (Å²) in [5.41, 5.74) is 1.21. The van der Waals surface area contributed by atoms with Crippen LogP contribution in [0.4, 0.5) is 0 Å². The van der Waals surface area contributed by atoms with Gasteiger partial charge in [0.2, 0.25) is 11.8 Å². The quantitative estimate of drug-likeness (QED) is 0.443. The number of thioether (sulfide) groups is 1. The lowest BCUT2D eigenvalue weighted by Gasteiger charge is -2.09. The largest absolute Gasteiger partial charge is 0.424 e. The van der Waals surface area contributed by atoms with Gasteiger partial charge in [0.1, 0.15) is 0 Å². The second-order valence-electron chi connectivity index (χ2n) is 5.59. The van der Waals surface area contributed by atoms with E-state index in [4.69, 9.17) is 4.42 Å². The molecule has 0 N–H and O–H groups in total. The number of rotatable bonds is 7. The van der Waals surface area contributed by atoms with Crippen molar-refractivity contribution in [1.82, 2.24) is 25.0 Å². The average Bonchev–Trinajstić information content (AvgIpc) is 3.42. The lowest BCUT2D eigenvalue weighted by molar-refractivity contribution is 0.469. The number of thiophene rings is 1. The van der Waals surface area contributed by atoms with Crippen LogP contribution in [0.3, 0.4) is 0 Å². The molecule has 3 heterocycles. The Bertz CT molecular complexity index is 963. The maximum atomic E-state index is 5.59. The van der Waals surface area contributed by atoms with Crippen LogP contribution in [0.5, 0.6) is 0 Å². The van der Waals surface area contributed by atoms with E-state index in [9.17, 15) is 0 Å². The first-order valence-electron chi connectivity index (χ1n) is 8.28. The van der Waals surface area contributed by atoms with Crippen molar-refractivity contribution in [3.05, 3.63) is 65.2 Å². The molecule has 4 aromatic rings. The van der Waals surface area contributed by atoms with Crippen LogP contribution in [0.15, 0.2) is 57.4 Å². The lowest BCUT2D eigenvalue weighted by atomic mass is 10.2. The molecule has 0 amide bonds. The predicted molar refractivity (Wildman–Crippen MR) is 102 cm³/mol. The molecule has 0 saturated heterocycles. The second-order valence-corrected chi connectivity index (χ2v) is 7.48. The molecule has 0 aliphatic carbocycles. The molecule has 6 nitrogen and oxygen atoms in total. The summed E-state index contributed by atoms with van der Waals surface area (Å²) in [4.78, 5) is 1.10. The molecule has 0 aliphatic heterocycles.